The van der Waals surface area contributed by atoms with E-state index in [0.29, 0.717) is 12.5 Å². The van der Waals surface area contributed by atoms with Crippen LogP contribution in [0.15, 0.2) is 28.3 Å². The maximum Gasteiger partial charge on any atom is 0.224 e. The number of thioether (sulfide) groups is 1. The Morgan fingerprint density at radius 3 is 2.95 bits per heavy atom. The lowest BCUT2D eigenvalue weighted by molar-refractivity contribution is -0.116. The number of amidine groups is 1. The maximum absolute atomic E-state index is 11.4. The Hall–Kier alpha value is -1.82. The van der Waals surface area contributed by atoms with Gasteiger partial charge in [0.15, 0.2) is 5.17 Å². The number of hydrogen-bond donors (Lipinski definition) is 2. The molecule has 4 rings (SSSR count). The van der Waals surface area contributed by atoms with Crippen molar-refractivity contribution in [3.05, 3.63) is 29.3 Å². The van der Waals surface area contributed by atoms with E-state index in [9.17, 15) is 4.79 Å². The van der Waals surface area contributed by atoms with Crippen molar-refractivity contribution in [2.75, 3.05) is 11.1 Å². The van der Waals surface area contributed by atoms with Gasteiger partial charge in [-0.15, -0.1) is 0 Å². The smallest absolute Gasteiger partial charge is 0.224 e. The third kappa shape index (κ3) is 2.81. The zero-order chi connectivity index (χ0) is 14.2. The van der Waals surface area contributed by atoms with Crippen LogP contribution in [0.25, 0.3) is 0 Å². The van der Waals surface area contributed by atoms with Crippen LogP contribution in [0.2, 0.25) is 0 Å². The van der Waals surface area contributed by atoms with Crippen molar-refractivity contribution in [2.24, 2.45) is 10.1 Å². The van der Waals surface area contributed by atoms with Crippen molar-refractivity contribution in [1.82, 2.24) is 5.43 Å². The molecule has 6 heteroatoms. The van der Waals surface area contributed by atoms with Gasteiger partial charge in [-0.1, -0.05) is 17.8 Å². The van der Waals surface area contributed by atoms with E-state index in [1.54, 1.807) is 11.8 Å². The van der Waals surface area contributed by atoms with Crippen molar-refractivity contribution in [3.63, 3.8) is 0 Å². The molecule has 1 aromatic carbocycles. The van der Waals surface area contributed by atoms with Crippen LogP contribution in [0, 0.1) is 0 Å². The highest BCUT2D eigenvalue weighted by atomic mass is 32.2. The van der Waals surface area contributed by atoms with Crippen LogP contribution in [0.1, 0.15) is 30.4 Å². The Bertz CT molecular complexity index is 664. The van der Waals surface area contributed by atoms with Crippen molar-refractivity contribution >= 4 is 34.2 Å². The molecule has 1 saturated carbocycles. The molecule has 0 spiro atoms. The fraction of sp³-hybridized carbons (Fsp3) is 0.400. The van der Waals surface area contributed by atoms with Gasteiger partial charge in [-0.2, -0.15) is 5.10 Å². The SMILES string of the molecule is O=C1CCc2cc(C3=NNC(=NC4CC4)SC3)ccc2N1. The number of aryl methyl sites for hydroxylation is 1. The minimum Gasteiger partial charge on any atom is -0.326 e. The van der Waals surface area contributed by atoms with Crippen molar-refractivity contribution in [1.29, 1.82) is 0 Å². The van der Waals surface area contributed by atoms with E-state index in [-0.39, 0.29) is 5.91 Å². The molecule has 2 heterocycles. The van der Waals surface area contributed by atoms with Crippen LogP contribution in [0.5, 0.6) is 0 Å². The third-order valence-electron chi connectivity index (χ3n) is 3.81. The molecule has 0 saturated heterocycles. The van der Waals surface area contributed by atoms with Gasteiger partial charge in [-0.25, -0.2) is 0 Å². The van der Waals surface area contributed by atoms with Gasteiger partial charge in [-0.3, -0.25) is 15.2 Å². The number of aliphatic imine (C=N–C) groups is 1. The number of hydrazone groups is 1. The molecular weight excluding hydrogens is 284 g/mol. The predicted molar refractivity (Wildman–Crippen MR) is 86.0 cm³/mol. The normalized spacial score (nSPS) is 23.1. The summed E-state index contributed by atoms with van der Waals surface area (Å²) >= 11 is 1.71. The van der Waals surface area contributed by atoms with Gasteiger partial charge < -0.3 is 5.32 Å². The molecule has 0 atom stereocenters. The first-order chi connectivity index (χ1) is 10.3. The molecule has 0 radical (unpaired) electrons. The number of rotatable bonds is 2. The summed E-state index contributed by atoms with van der Waals surface area (Å²) < 4.78 is 0. The fourth-order valence-electron chi connectivity index (χ4n) is 2.46. The molecule has 5 nitrogen and oxygen atoms in total. The van der Waals surface area contributed by atoms with E-state index in [0.717, 1.165) is 34.3 Å². The summed E-state index contributed by atoms with van der Waals surface area (Å²) in [6.07, 6.45) is 3.78. The van der Waals surface area contributed by atoms with Gasteiger partial charge >= 0.3 is 0 Å². The number of carbonyl (C=O) groups is 1. The second-order valence-corrected chi connectivity index (χ2v) is 6.51. The molecule has 2 N–H and O–H groups in total. The first-order valence-electron chi connectivity index (χ1n) is 7.24. The summed E-state index contributed by atoms with van der Waals surface area (Å²) in [5.41, 5.74) is 7.34. The first-order valence-corrected chi connectivity index (χ1v) is 8.23. The van der Waals surface area contributed by atoms with E-state index in [2.05, 4.69) is 26.9 Å². The highest BCUT2D eigenvalue weighted by Crippen LogP contribution is 2.27. The summed E-state index contributed by atoms with van der Waals surface area (Å²) in [5, 5.41) is 8.30. The van der Waals surface area contributed by atoms with Gasteiger partial charge in [-0.05, 0) is 42.5 Å². The fourth-order valence-corrected chi connectivity index (χ4v) is 3.30. The number of anilines is 1. The van der Waals surface area contributed by atoms with Gasteiger partial charge in [0, 0.05) is 17.9 Å². The maximum atomic E-state index is 11.4. The molecule has 21 heavy (non-hydrogen) atoms. The summed E-state index contributed by atoms with van der Waals surface area (Å²) in [4.78, 5) is 15.9. The van der Waals surface area contributed by atoms with Crippen molar-refractivity contribution in [3.8, 4) is 0 Å². The highest BCUT2D eigenvalue weighted by Gasteiger charge is 2.23. The van der Waals surface area contributed by atoms with Gasteiger partial charge in [0.05, 0.1) is 11.8 Å². The first kappa shape index (κ1) is 12.9. The number of hydrogen-bond acceptors (Lipinski definition) is 4. The average Bonchev–Trinajstić information content (AvgIpc) is 3.31. The molecule has 1 aromatic rings. The van der Waals surface area contributed by atoms with Crippen LogP contribution >= 0.6 is 11.8 Å². The summed E-state index contributed by atoms with van der Waals surface area (Å²) in [7, 11) is 0. The Morgan fingerprint density at radius 1 is 1.29 bits per heavy atom. The van der Waals surface area contributed by atoms with Gasteiger partial charge in [0.1, 0.15) is 0 Å². The number of amides is 1. The standard InChI is InChI=1S/C15H16N4OS/c20-14-6-2-9-7-10(1-5-12(9)17-14)13-8-21-15(19-18-13)16-11-3-4-11/h1,5,7,11H,2-4,6,8H2,(H,16,19)(H,17,20). The Labute approximate surface area is 127 Å². The molecule has 1 aliphatic carbocycles. The minimum atomic E-state index is 0.100. The number of benzene rings is 1. The lowest BCUT2D eigenvalue weighted by Crippen LogP contribution is -2.26. The van der Waals surface area contributed by atoms with Crippen molar-refractivity contribution in [2.45, 2.75) is 31.7 Å². The molecule has 1 amide bonds. The zero-order valence-electron chi connectivity index (χ0n) is 11.6. The van der Waals surface area contributed by atoms with E-state index >= 15 is 0 Å². The predicted octanol–water partition coefficient (Wildman–Crippen LogP) is 2.13. The van der Waals surface area contributed by atoms with E-state index in [1.807, 2.05) is 12.1 Å². The molecule has 1 fully saturated rings. The van der Waals surface area contributed by atoms with Crippen LogP contribution in [-0.2, 0) is 11.2 Å². The van der Waals surface area contributed by atoms with Crippen LogP contribution in [0.3, 0.4) is 0 Å². The van der Waals surface area contributed by atoms with Crippen LogP contribution < -0.4 is 10.7 Å². The third-order valence-corrected chi connectivity index (χ3v) is 4.70. The Balaban J connectivity index is 1.54. The zero-order valence-corrected chi connectivity index (χ0v) is 12.4. The van der Waals surface area contributed by atoms with E-state index < -0.39 is 0 Å². The number of fused-ring (bicyclic) bond motifs is 1. The van der Waals surface area contributed by atoms with Gasteiger partial charge in [0.2, 0.25) is 5.91 Å². The molecule has 3 aliphatic rings. The second kappa shape index (κ2) is 5.18. The molecule has 0 unspecified atom stereocenters. The molecule has 108 valence electrons. The highest BCUT2D eigenvalue weighted by molar-refractivity contribution is 8.14. The summed E-state index contributed by atoms with van der Waals surface area (Å²) in [6.45, 7) is 0. The molecule has 0 bridgehead atoms. The largest absolute Gasteiger partial charge is 0.326 e. The number of nitrogens with zero attached hydrogens (tertiary/aromatic N) is 2. The van der Waals surface area contributed by atoms with Crippen molar-refractivity contribution < 1.29 is 4.79 Å². The molecule has 2 aliphatic heterocycles. The lowest BCUT2D eigenvalue weighted by Gasteiger charge is -2.19. The van der Waals surface area contributed by atoms with E-state index in [1.165, 1.54) is 18.4 Å². The van der Waals surface area contributed by atoms with E-state index in [4.69, 9.17) is 0 Å². The van der Waals surface area contributed by atoms with Gasteiger partial charge in [0.25, 0.3) is 0 Å². The lowest BCUT2D eigenvalue weighted by atomic mass is 9.99. The number of carbonyl (C=O) groups excluding carboxylic acids is 1. The number of nitrogens with one attached hydrogen (secondary N) is 2. The second-order valence-electron chi connectivity index (χ2n) is 5.54. The average molecular weight is 300 g/mol. The Morgan fingerprint density at radius 2 is 2.19 bits per heavy atom. The minimum absolute atomic E-state index is 0.100. The molecule has 0 aromatic heterocycles. The molecular formula is C15H16N4OS. The topological polar surface area (TPSA) is 65.8 Å². The summed E-state index contributed by atoms with van der Waals surface area (Å²) in [6, 6.07) is 6.65. The monoisotopic (exact) mass is 300 g/mol. The van der Waals surface area contributed by atoms with Crippen LogP contribution in [0.4, 0.5) is 5.69 Å². The quantitative estimate of drug-likeness (QED) is 0.879. The summed E-state index contributed by atoms with van der Waals surface area (Å²) in [5.74, 6) is 0.937. The van der Waals surface area contributed by atoms with Crippen LogP contribution in [-0.4, -0.2) is 28.6 Å². The Kier molecular flexibility index (Phi) is 3.18.